The average molecular weight is 423 g/mol. The third kappa shape index (κ3) is 6.49. The monoisotopic (exact) mass is 423 g/mol. The van der Waals surface area contributed by atoms with Crippen molar-refractivity contribution in [1.82, 2.24) is 4.90 Å². The van der Waals surface area contributed by atoms with Crippen LogP contribution in [0.3, 0.4) is 0 Å². The van der Waals surface area contributed by atoms with Gasteiger partial charge in [-0.1, -0.05) is 53.9 Å². The maximum absolute atomic E-state index is 2.56. The third-order valence-corrected chi connectivity index (χ3v) is 7.57. The van der Waals surface area contributed by atoms with Crippen molar-refractivity contribution in [3.8, 4) is 0 Å². The minimum Gasteiger partial charge on any atom is -0.300 e. The molecule has 0 heterocycles. The van der Waals surface area contributed by atoms with E-state index < -0.39 is 0 Å². The van der Waals surface area contributed by atoms with Crippen molar-refractivity contribution in [2.24, 2.45) is 5.92 Å². The minimum atomic E-state index is 0. The maximum atomic E-state index is 2.56. The smallest absolute Gasteiger partial charge is 0.0135 e. The van der Waals surface area contributed by atoms with Crippen LogP contribution in [0.1, 0.15) is 80.6 Å². The summed E-state index contributed by atoms with van der Waals surface area (Å²) in [4.78, 5) is 2.56. The fraction of sp³-hybridized carbons (Fsp3) is 0.615. The van der Waals surface area contributed by atoms with E-state index in [-0.39, 0.29) is 17.1 Å². The van der Waals surface area contributed by atoms with Crippen molar-refractivity contribution >= 4 is 0 Å². The van der Waals surface area contributed by atoms with Gasteiger partial charge in [-0.25, -0.2) is 0 Å². The molecule has 0 aliphatic heterocycles. The first-order chi connectivity index (χ1) is 12.8. The van der Waals surface area contributed by atoms with E-state index >= 15 is 0 Å². The van der Waals surface area contributed by atoms with Gasteiger partial charge in [-0.3, -0.25) is 0 Å². The van der Waals surface area contributed by atoms with Gasteiger partial charge in [0.25, 0.3) is 0 Å². The van der Waals surface area contributed by atoms with Gasteiger partial charge in [0.1, 0.15) is 0 Å². The van der Waals surface area contributed by atoms with E-state index in [0.717, 1.165) is 5.92 Å². The van der Waals surface area contributed by atoms with E-state index in [1.54, 1.807) is 0 Å². The standard InChI is InChI=1S/C16H26N.C10H15.Fe/c1-13(15-9-5-4-6-10-15)17(3)14(2)16-11-7-8-12-16;1-6-7(2)9(4)10(5)8(6)3;/h7-8,11-15H,4-6,9-10H2,1-3H3;1-5H3;/t13-,14+;;/m1../s1. The van der Waals surface area contributed by atoms with Crippen LogP contribution in [0, 0.1) is 67.1 Å². The summed E-state index contributed by atoms with van der Waals surface area (Å²) in [7, 11) is 2.29. The Bertz CT molecular complexity index is 368. The summed E-state index contributed by atoms with van der Waals surface area (Å²) >= 11 is 0. The van der Waals surface area contributed by atoms with Gasteiger partial charge in [0.2, 0.25) is 0 Å². The van der Waals surface area contributed by atoms with Gasteiger partial charge in [-0.05, 0) is 94.9 Å². The Labute approximate surface area is 188 Å². The average Bonchev–Trinajstić information content (AvgIpc) is 3.29. The summed E-state index contributed by atoms with van der Waals surface area (Å²) in [5.41, 5.74) is 0. The summed E-state index contributed by atoms with van der Waals surface area (Å²) in [5, 5.41) is 0. The molecule has 0 spiro atoms. The van der Waals surface area contributed by atoms with E-state index in [2.05, 4.69) is 86.1 Å². The minimum absolute atomic E-state index is 0. The molecule has 0 N–H and O–H groups in total. The van der Waals surface area contributed by atoms with Gasteiger partial charge < -0.3 is 4.90 Å². The van der Waals surface area contributed by atoms with E-state index in [0.29, 0.717) is 12.1 Å². The first kappa shape index (κ1) is 26.5. The molecule has 0 amide bonds. The molecule has 0 aromatic heterocycles. The number of hydrogen-bond donors (Lipinski definition) is 0. The van der Waals surface area contributed by atoms with Crippen molar-refractivity contribution < 1.29 is 17.1 Å². The van der Waals surface area contributed by atoms with Crippen LogP contribution in [0.15, 0.2) is 0 Å². The number of nitrogens with zero attached hydrogens (tertiary/aromatic N) is 1. The molecule has 3 saturated carbocycles. The molecule has 3 aliphatic carbocycles. The SMILES string of the molecule is C[C@H](C1CCCCC1)N(C)[C@@H](C)[C]1[CH][CH][CH][CH]1.C[C]1[C](C)[C](C)[C](C)[C]1C.[Fe]. The van der Waals surface area contributed by atoms with Crippen molar-refractivity contribution in [2.45, 2.75) is 92.7 Å². The fourth-order valence-corrected chi connectivity index (χ4v) is 4.61. The van der Waals surface area contributed by atoms with Crippen molar-refractivity contribution in [2.75, 3.05) is 7.05 Å². The molecule has 28 heavy (non-hydrogen) atoms. The van der Waals surface area contributed by atoms with Gasteiger partial charge >= 0.3 is 0 Å². The Morgan fingerprint density at radius 2 is 1.14 bits per heavy atom. The zero-order valence-electron chi connectivity index (χ0n) is 19.4. The molecule has 0 saturated heterocycles. The third-order valence-electron chi connectivity index (χ3n) is 7.57. The molecule has 2 atom stereocenters. The van der Waals surface area contributed by atoms with E-state index in [9.17, 15) is 0 Å². The molecule has 0 aromatic rings. The zero-order valence-corrected chi connectivity index (χ0v) is 20.5. The summed E-state index contributed by atoms with van der Waals surface area (Å²) < 4.78 is 0. The Kier molecular flexibility index (Phi) is 11.7. The molecule has 3 rings (SSSR count). The van der Waals surface area contributed by atoms with Crippen LogP contribution in [0.2, 0.25) is 0 Å². The summed E-state index contributed by atoms with van der Waals surface area (Å²) in [6.07, 6.45) is 16.0. The summed E-state index contributed by atoms with van der Waals surface area (Å²) in [6, 6.07) is 1.25. The van der Waals surface area contributed by atoms with Crippen LogP contribution >= 0.6 is 0 Å². The first-order valence-corrected chi connectivity index (χ1v) is 10.9. The Balaban J connectivity index is 0.000000307. The fourth-order valence-electron chi connectivity index (χ4n) is 4.61. The zero-order chi connectivity index (χ0) is 20.1. The second-order valence-corrected chi connectivity index (χ2v) is 8.82. The van der Waals surface area contributed by atoms with Gasteiger partial charge in [-0.15, -0.1) is 0 Å². The topological polar surface area (TPSA) is 3.24 Å². The predicted molar refractivity (Wildman–Crippen MR) is 118 cm³/mol. The Hall–Kier alpha value is 0.479. The molecule has 0 bridgehead atoms. The molecule has 158 valence electrons. The van der Waals surface area contributed by atoms with Gasteiger partial charge in [0.15, 0.2) is 0 Å². The largest absolute Gasteiger partial charge is 0.300 e. The molecule has 2 heteroatoms. The van der Waals surface area contributed by atoms with Gasteiger partial charge in [0.05, 0.1) is 0 Å². The first-order valence-electron chi connectivity index (χ1n) is 10.9. The summed E-state index contributed by atoms with van der Waals surface area (Å²) in [6.45, 7) is 15.7. The Morgan fingerprint density at radius 1 is 0.750 bits per heavy atom. The van der Waals surface area contributed by atoms with Gasteiger partial charge in [0, 0.05) is 35.1 Å². The molecule has 3 aliphatic rings. The van der Waals surface area contributed by atoms with E-state index in [1.165, 1.54) is 67.6 Å². The van der Waals surface area contributed by atoms with Crippen LogP contribution in [0.4, 0.5) is 0 Å². The van der Waals surface area contributed by atoms with Crippen molar-refractivity contribution in [3.05, 3.63) is 61.2 Å². The number of rotatable bonds is 4. The second-order valence-electron chi connectivity index (χ2n) is 8.82. The molecular weight excluding hydrogens is 382 g/mol. The van der Waals surface area contributed by atoms with Crippen LogP contribution < -0.4 is 0 Å². The molecular formula is C26H41FeN. The van der Waals surface area contributed by atoms with E-state index in [4.69, 9.17) is 0 Å². The summed E-state index contributed by atoms with van der Waals surface area (Å²) in [5.74, 6) is 9.70. The molecule has 3 fully saturated rings. The van der Waals surface area contributed by atoms with Crippen molar-refractivity contribution in [3.63, 3.8) is 0 Å². The predicted octanol–water partition coefficient (Wildman–Crippen LogP) is 6.65. The molecule has 1 nitrogen and oxygen atoms in total. The maximum Gasteiger partial charge on any atom is 0.0135 e. The molecule has 0 unspecified atom stereocenters. The van der Waals surface area contributed by atoms with E-state index in [1.807, 2.05) is 0 Å². The van der Waals surface area contributed by atoms with Crippen LogP contribution in [-0.2, 0) is 17.1 Å². The normalized spacial score (nSPS) is 26.9. The quantitative estimate of drug-likeness (QED) is 0.458. The molecule has 10 radical (unpaired) electrons. The van der Waals surface area contributed by atoms with Crippen LogP contribution in [0.5, 0.6) is 0 Å². The number of hydrogen-bond acceptors (Lipinski definition) is 1. The Morgan fingerprint density at radius 3 is 1.54 bits per heavy atom. The van der Waals surface area contributed by atoms with Crippen LogP contribution in [-0.4, -0.2) is 24.0 Å². The van der Waals surface area contributed by atoms with Crippen LogP contribution in [0.25, 0.3) is 0 Å². The second kappa shape index (κ2) is 12.4. The van der Waals surface area contributed by atoms with Gasteiger partial charge in [-0.2, -0.15) is 0 Å². The van der Waals surface area contributed by atoms with Crippen molar-refractivity contribution in [1.29, 1.82) is 0 Å². The molecule has 0 aromatic carbocycles.